The number of ether oxygens (including phenoxy) is 1. The molecule has 1 aliphatic carbocycles. The SMILES string of the molecule is Cc1ccc(OC2CC(C)c3ccccc3C2N)cc1. The monoisotopic (exact) mass is 267 g/mol. The van der Waals surface area contributed by atoms with Crippen LogP contribution in [0, 0.1) is 6.92 Å². The molecule has 0 spiro atoms. The molecule has 0 radical (unpaired) electrons. The van der Waals surface area contributed by atoms with Crippen LogP contribution < -0.4 is 10.5 Å². The minimum absolute atomic E-state index is 0.0441. The maximum absolute atomic E-state index is 6.41. The van der Waals surface area contributed by atoms with Crippen molar-refractivity contribution >= 4 is 0 Å². The van der Waals surface area contributed by atoms with E-state index in [1.165, 1.54) is 16.7 Å². The van der Waals surface area contributed by atoms with E-state index in [0.717, 1.165) is 12.2 Å². The Bertz CT molecular complexity index is 591. The van der Waals surface area contributed by atoms with Crippen molar-refractivity contribution in [1.29, 1.82) is 0 Å². The highest BCUT2D eigenvalue weighted by Gasteiger charge is 2.31. The van der Waals surface area contributed by atoms with Crippen LogP contribution >= 0.6 is 0 Å². The summed E-state index contributed by atoms with van der Waals surface area (Å²) in [7, 11) is 0. The molecule has 3 unspecified atom stereocenters. The van der Waals surface area contributed by atoms with Crippen molar-refractivity contribution in [2.24, 2.45) is 5.73 Å². The van der Waals surface area contributed by atoms with Gasteiger partial charge in [-0.1, -0.05) is 48.9 Å². The second kappa shape index (κ2) is 5.29. The Kier molecular flexibility index (Phi) is 3.49. The first-order valence-corrected chi connectivity index (χ1v) is 7.23. The predicted molar refractivity (Wildman–Crippen MR) is 82.0 cm³/mol. The van der Waals surface area contributed by atoms with Crippen LogP contribution in [0.2, 0.25) is 0 Å². The highest BCUT2D eigenvalue weighted by atomic mass is 16.5. The van der Waals surface area contributed by atoms with E-state index in [-0.39, 0.29) is 12.1 Å². The molecule has 0 fully saturated rings. The molecule has 0 aliphatic heterocycles. The Morgan fingerprint density at radius 2 is 1.65 bits per heavy atom. The minimum Gasteiger partial charge on any atom is -0.488 e. The Labute approximate surface area is 120 Å². The maximum atomic E-state index is 6.41. The maximum Gasteiger partial charge on any atom is 0.119 e. The summed E-state index contributed by atoms with van der Waals surface area (Å²) in [5.74, 6) is 1.39. The summed E-state index contributed by atoms with van der Waals surface area (Å²) in [4.78, 5) is 0. The summed E-state index contributed by atoms with van der Waals surface area (Å²) in [6.45, 7) is 4.32. The van der Waals surface area contributed by atoms with Crippen LogP contribution in [0.4, 0.5) is 0 Å². The molecule has 2 aromatic rings. The van der Waals surface area contributed by atoms with Crippen LogP contribution in [-0.4, -0.2) is 6.10 Å². The van der Waals surface area contributed by atoms with Crippen LogP contribution in [0.25, 0.3) is 0 Å². The molecule has 0 aromatic heterocycles. The predicted octanol–water partition coefficient (Wildman–Crippen LogP) is 3.95. The van der Waals surface area contributed by atoms with Gasteiger partial charge in [0.2, 0.25) is 0 Å². The normalized spacial score (nSPS) is 25.1. The summed E-state index contributed by atoms with van der Waals surface area (Å²) < 4.78 is 6.12. The molecule has 0 saturated heterocycles. The minimum atomic E-state index is -0.0521. The molecule has 1 aliphatic rings. The van der Waals surface area contributed by atoms with Crippen molar-refractivity contribution in [3.8, 4) is 5.75 Å². The van der Waals surface area contributed by atoms with Gasteiger partial charge in [-0.25, -0.2) is 0 Å². The quantitative estimate of drug-likeness (QED) is 0.894. The smallest absolute Gasteiger partial charge is 0.119 e. The summed E-state index contributed by atoms with van der Waals surface area (Å²) in [6, 6.07) is 16.6. The van der Waals surface area contributed by atoms with Gasteiger partial charge in [-0.2, -0.15) is 0 Å². The summed E-state index contributed by atoms with van der Waals surface area (Å²) in [5, 5.41) is 0. The third kappa shape index (κ3) is 2.44. The molecule has 2 nitrogen and oxygen atoms in total. The van der Waals surface area contributed by atoms with Gasteiger partial charge in [0.25, 0.3) is 0 Å². The van der Waals surface area contributed by atoms with E-state index < -0.39 is 0 Å². The molecule has 0 heterocycles. The molecule has 0 bridgehead atoms. The summed E-state index contributed by atoms with van der Waals surface area (Å²) in [5.41, 5.74) is 10.2. The summed E-state index contributed by atoms with van der Waals surface area (Å²) in [6.07, 6.45) is 1.01. The van der Waals surface area contributed by atoms with Crippen molar-refractivity contribution in [3.05, 3.63) is 65.2 Å². The zero-order valence-electron chi connectivity index (χ0n) is 12.0. The fraction of sp³-hybridized carbons (Fsp3) is 0.333. The molecule has 2 aromatic carbocycles. The lowest BCUT2D eigenvalue weighted by Gasteiger charge is -2.35. The van der Waals surface area contributed by atoms with E-state index in [9.17, 15) is 0 Å². The van der Waals surface area contributed by atoms with Crippen LogP contribution in [0.5, 0.6) is 5.75 Å². The van der Waals surface area contributed by atoms with Crippen molar-refractivity contribution in [1.82, 2.24) is 0 Å². The highest BCUT2D eigenvalue weighted by Crippen LogP contribution is 2.37. The van der Waals surface area contributed by atoms with Crippen LogP contribution in [0.1, 0.15) is 42.0 Å². The van der Waals surface area contributed by atoms with E-state index in [4.69, 9.17) is 10.5 Å². The molecule has 20 heavy (non-hydrogen) atoms. The van der Waals surface area contributed by atoms with Crippen LogP contribution in [0.15, 0.2) is 48.5 Å². The molecule has 0 saturated carbocycles. The Morgan fingerprint density at radius 3 is 2.35 bits per heavy atom. The molecular weight excluding hydrogens is 246 g/mol. The second-order valence-electron chi connectivity index (χ2n) is 5.76. The highest BCUT2D eigenvalue weighted by molar-refractivity contribution is 5.36. The molecule has 104 valence electrons. The first kappa shape index (κ1) is 13.2. The number of fused-ring (bicyclic) bond motifs is 1. The van der Waals surface area contributed by atoms with Crippen LogP contribution in [0.3, 0.4) is 0 Å². The first-order chi connectivity index (χ1) is 9.65. The van der Waals surface area contributed by atoms with E-state index in [2.05, 4.69) is 50.2 Å². The van der Waals surface area contributed by atoms with Gasteiger partial charge in [0.15, 0.2) is 0 Å². The van der Waals surface area contributed by atoms with Crippen molar-refractivity contribution in [2.75, 3.05) is 0 Å². The first-order valence-electron chi connectivity index (χ1n) is 7.23. The van der Waals surface area contributed by atoms with Gasteiger partial charge in [-0.15, -0.1) is 0 Å². The topological polar surface area (TPSA) is 35.2 Å². The molecule has 3 rings (SSSR count). The largest absolute Gasteiger partial charge is 0.488 e. The molecular formula is C18H21NO. The number of nitrogens with two attached hydrogens (primary N) is 1. The number of benzene rings is 2. The van der Waals surface area contributed by atoms with E-state index in [0.29, 0.717) is 5.92 Å². The number of rotatable bonds is 2. The number of hydrogen-bond acceptors (Lipinski definition) is 2. The van der Waals surface area contributed by atoms with Gasteiger partial charge in [-0.05, 0) is 42.5 Å². The third-order valence-corrected chi connectivity index (χ3v) is 4.18. The second-order valence-corrected chi connectivity index (χ2v) is 5.76. The van der Waals surface area contributed by atoms with Gasteiger partial charge in [-0.3, -0.25) is 0 Å². The Hall–Kier alpha value is -1.80. The lowest BCUT2D eigenvalue weighted by molar-refractivity contribution is 0.144. The zero-order valence-corrected chi connectivity index (χ0v) is 12.0. The van der Waals surface area contributed by atoms with E-state index in [1.807, 2.05) is 12.1 Å². The van der Waals surface area contributed by atoms with Gasteiger partial charge in [0.1, 0.15) is 11.9 Å². The third-order valence-electron chi connectivity index (χ3n) is 4.18. The van der Waals surface area contributed by atoms with Crippen LogP contribution in [-0.2, 0) is 0 Å². The van der Waals surface area contributed by atoms with E-state index in [1.54, 1.807) is 0 Å². The Balaban J connectivity index is 1.84. The fourth-order valence-electron chi connectivity index (χ4n) is 3.00. The fourth-order valence-corrected chi connectivity index (χ4v) is 3.00. The standard InChI is InChI=1S/C18H21NO/c1-12-7-9-14(10-8-12)20-17-11-13(2)15-5-3-4-6-16(15)18(17)19/h3-10,13,17-18H,11,19H2,1-2H3. The number of hydrogen-bond donors (Lipinski definition) is 1. The Morgan fingerprint density at radius 1 is 1.00 bits per heavy atom. The van der Waals surface area contributed by atoms with Gasteiger partial charge < -0.3 is 10.5 Å². The molecule has 3 atom stereocenters. The lowest BCUT2D eigenvalue weighted by atomic mass is 9.79. The zero-order chi connectivity index (χ0) is 14.1. The van der Waals surface area contributed by atoms with Crippen molar-refractivity contribution < 1.29 is 4.74 Å². The molecule has 2 N–H and O–H groups in total. The van der Waals surface area contributed by atoms with Gasteiger partial charge in [0, 0.05) is 0 Å². The van der Waals surface area contributed by atoms with Gasteiger partial charge >= 0.3 is 0 Å². The van der Waals surface area contributed by atoms with E-state index >= 15 is 0 Å². The average molecular weight is 267 g/mol. The molecule has 2 heteroatoms. The van der Waals surface area contributed by atoms with Crippen molar-refractivity contribution in [2.45, 2.75) is 38.3 Å². The van der Waals surface area contributed by atoms with Gasteiger partial charge in [0.05, 0.1) is 6.04 Å². The molecule has 0 amide bonds. The summed E-state index contributed by atoms with van der Waals surface area (Å²) >= 11 is 0. The average Bonchev–Trinajstić information content (AvgIpc) is 2.47. The number of aryl methyl sites for hydroxylation is 1. The van der Waals surface area contributed by atoms with Crippen molar-refractivity contribution in [3.63, 3.8) is 0 Å². The lowest BCUT2D eigenvalue weighted by Crippen LogP contribution is -2.37.